The zero-order valence-corrected chi connectivity index (χ0v) is 12.2. The smallest absolute Gasteiger partial charge is 0.107 e. The molecule has 0 spiro atoms. The van der Waals surface area contributed by atoms with Crippen molar-refractivity contribution in [3.8, 4) is 11.3 Å². The second kappa shape index (κ2) is 5.77. The van der Waals surface area contributed by atoms with Gasteiger partial charge in [0.1, 0.15) is 19.6 Å². The zero-order chi connectivity index (χ0) is 13.9. The first-order chi connectivity index (χ1) is 9.74. The fraction of sp³-hybridized carbons (Fsp3) is 0.438. The van der Waals surface area contributed by atoms with Gasteiger partial charge in [0.05, 0.1) is 30.7 Å². The molecule has 1 fully saturated rings. The second-order valence-corrected chi connectivity index (χ2v) is 5.61. The molecule has 1 aromatic heterocycles. The van der Waals surface area contributed by atoms with Crippen molar-refractivity contribution in [1.82, 2.24) is 10.2 Å². The molecule has 0 aliphatic carbocycles. The fourth-order valence-corrected chi connectivity index (χ4v) is 2.70. The van der Waals surface area contributed by atoms with Crippen molar-refractivity contribution in [2.75, 3.05) is 26.3 Å². The first kappa shape index (κ1) is 13.3. The van der Waals surface area contributed by atoms with Crippen molar-refractivity contribution in [3.05, 3.63) is 41.1 Å². The Balaban J connectivity index is 1.83. The molecule has 4 heteroatoms. The molecule has 2 N–H and O–H groups in total. The van der Waals surface area contributed by atoms with E-state index in [1.54, 1.807) is 4.90 Å². The third-order valence-corrected chi connectivity index (χ3v) is 4.15. The van der Waals surface area contributed by atoms with Gasteiger partial charge in [-0.05, 0) is 31.0 Å². The quantitative estimate of drug-likeness (QED) is 0.879. The fourth-order valence-electron chi connectivity index (χ4n) is 2.70. The summed E-state index contributed by atoms with van der Waals surface area (Å²) in [7, 11) is 0. The highest BCUT2D eigenvalue weighted by molar-refractivity contribution is 5.63. The van der Waals surface area contributed by atoms with Crippen LogP contribution < -0.4 is 4.90 Å². The normalized spacial score (nSPS) is 16.5. The van der Waals surface area contributed by atoms with Gasteiger partial charge in [-0.1, -0.05) is 12.1 Å². The molecule has 2 heterocycles. The minimum atomic E-state index is 0.867. The van der Waals surface area contributed by atoms with Crippen molar-refractivity contribution < 1.29 is 9.64 Å². The van der Waals surface area contributed by atoms with E-state index in [4.69, 9.17) is 4.74 Å². The van der Waals surface area contributed by atoms with Crippen molar-refractivity contribution in [2.24, 2.45) is 0 Å². The number of ether oxygens (including phenoxy) is 1. The Labute approximate surface area is 119 Å². The Morgan fingerprint density at radius 1 is 1.20 bits per heavy atom. The van der Waals surface area contributed by atoms with Gasteiger partial charge in [-0.25, -0.2) is 0 Å². The van der Waals surface area contributed by atoms with Gasteiger partial charge in [-0.3, -0.25) is 5.10 Å². The van der Waals surface area contributed by atoms with Crippen LogP contribution in [0.3, 0.4) is 0 Å². The van der Waals surface area contributed by atoms with E-state index in [2.05, 4.69) is 42.2 Å². The topological polar surface area (TPSA) is 42.3 Å². The van der Waals surface area contributed by atoms with Crippen LogP contribution in [0.1, 0.15) is 16.7 Å². The summed E-state index contributed by atoms with van der Waals surface area (Å²) in [5.74, 6) is 0. The molecule has 1 aliphatic rings. The number of nitrogens with one attached hydrogen (secondary N) is 2. The van der Waals surface area contributed by atoms with E-state index in [9.17, 15) is 0 Å². The van der Waals surface area contributed by atoms with Gasteiger partial charge in [0.2, 0.25) is 0 Å². The molecule has 106 valence electrons. The number of aromatic amines is 1. The lowest BCUT2D eigenvalue weighted by Gasteiger charge is -2.23. The van der Waals surface area contributed by atoms with E-state index in [-0.39, 0.29) is 0 Å². The number of aryl methyl sites for hydroxylation is 2. The molecule has 0 saturated carbocycles. The molecule has 4 nitrogen and oxygen atoms in total. The maximum atomic E-state index is 5.42. The van der Waals surface area contributed by atoms with Gasteiger partial charge in [0, 0.05) is 5.56 Å². The Hall–Kier alpha value is -1.65. The summed E-state index contributed by atoms with van der Waals surface area (Å²) in [5.41, 5.74) is 6.33. The summed E-state index contributed by atoms with van der Waals surface area (Å²) in [6.45, 7) is 9.21. The van der Waals surface area contributed by atoms with Crippen LogP contribution >= 0.6 is 0 Å². The summed E-state index contributed by atoms with van der Waals surface area (Å²) in [6, 6.07) is 6.59. The largest absolute Gasteiger partial charge is 0.370 e. The van der Waals surface area contributed by atoms with Gasteiger partial charge < -0.3 is 9.64 Å². The predicted molar refractivity (Wildman–Crippen MR) is 78.7 cm³/mol. The number of hydrogen-bond acceptors (Lipinski definition) is 2. The highest BCUT2D eigenvalue weighted by atomic mass is 16.5. The maximum absolute atomic E-state index is 5.42. The molecule has 20 heavy (non-hydrogen) atoms. The number of H-pyrrole nitrogens is 1. The van der Waals surface area contributed by atoms with E-state index < -0.39 is 0 Å². The van der Waals surface area contributed by atoms with Gasteiger partial charge in [0.25, 0.3) is 0 Å². The molecular weight excluding hydrogens is 250 g/mol. The standard InChI is InChI=1S/C16H21N3O/c1-12-3-4-14(9-13(12)2)16-15(10-17-18-16)11-19-5-7-20-8-6-19/h3-4,9-10H,5-8,11H2,1-2H3,(H,17,18)/p+1. The molecule has 1 aromatic carbocycles. The van der Waals surface area contributed by atoms with Crippen molar-refractivity contribution in [3.63, 3.8) is 0 Å². The average molecular weight is 272 g/mol. The van der Waals surface area contributed by atoms with Crippen molar-refractivity contribution >= 4 is 0 Å². The Bertz CT molecular complexity index is 585. The first-order valence-electron chi connectivity index (χ1n) is 7.25. The van der Waals surface area contributed by atoms with E-state index in [0.717, 1.165) is 38.5 Å². The van der Waals surface area contributed by atoms with Crippen LogP contribution in [0.5, 0.6) is 0 Å². The second-order valence-electron chi connectivity index (χ2n) is 5.61. The predicted octanol–water partition coefficient (Wildman–Crippen LogP) is 1.11. The summed E-state index contributed by atoms with van der Waals surface area (Å²) in [6.07, 6.45) is 1.97. The number of morpholine rings is 1. The molecule has 1 saturated heterocycles. The van der Waals surface area contributed by atoms with Gasteiger partial charge in [-0.15, -0.1) is 0 Å². The zero-order valence-electron chi connectivity index (χ0n) is 12.2. The lowest BCUT2D eigenvalue weighted by atomic mass is 10.0. The monoisotopic (exact) mass is 272 g/mol. The summed E-state index contributed by atoms with van der Waals surface area (Å²) in [5, 5.41) is 7.41. The first-order valence-corrected chi connectivity index (χ1v) is 7.25. The van der Waals surface area contributed by atoms with E-state index in [1.807, 2.05) is 6.20 Å². The number of benzene rings is 1. The van der Waals surface area contributed by atoms with Crippen LogP contribution in [0.15, 0.2) is 24.4 Å². The van der Waals surface area contributed by atoms with Crippen molar-refractivity contribution in [1.29, 1.82) is 0 Å². The summed E-state index contributed by atoms with van der Waals surface area (Å²) in [4.78, 5) is 1.57. The number of nitrogens with zero attached hydrogens (tertiary/aromatic N) is 1. The molecule has 0 atom stereocenters. The minimum absolute atomic E-state index is 0.867. The molecular formula is C16H22N3O+. The molecule has 3 rings (SSSR count). The van der Waals surface area contributed by atoms with E-state index in [0.29, 0.717) is 0 Å². The number of quaternary nitrogens is 1. The number of rotatable bonds is 3. The van der Waals surface area contributed by atoms with Crippen LogP contribution in [0.4, 0.5) is 0 Å². The Morgan fingerprint density at radius 3 is 2.75 bits per heavy atom. The highest BCUT2D eigenvalue weighted by Crippen LogP contribution is 2.23. The van der Waals surface area contributed by atoms with E-state index >= 15 is 0 Å². The average Bonchev–Trinajstić information content (AvgIpc) is 2.91. The van der Waals surface area contributed by atoms with Crippen LogP contribution in [-0.4, -0.2) is 36.5 Å². The molecule has 0 unspecified atom stereocenters. The lowest BCUT2D eigenvalue weighted by Crippen LogP contribution is -3.12. The molecule has 0 radical (unpaired) electrons. The molecule has 1 aliphatic heterocycles. The summed E-state index contributed by atoms with van der Waals surface area (Å²) < 4.78 is 5.42. The van der Waals surface area contributed by atoms with Crippen LogP contribution in [-0.2, 0) is 11.3 Å². The van der Waals surface area contributed by atoms with Gasteiger partial charge >= 0.3 is 0 Å². The Morgan fingerprint density at radius 2 is 2.00 bits per heavy atom. The highest BCUT2D eigenvalue weighted by Gasteiger charge is 2.18. The maximum Gasteiger partial charge on any atom is 0.107 e. The minimum Gasteiger partial charge on any atom is -0.370 e. The van der Waals surface area contributed by atoms with Gasteiger partial charge in [0.15, 0.2) is 0 Å². The van der Waals surface area contributed by atoms with Crippen LogP contribution in [0.25, 0.3) is 11.3 Å². The van der Waals surface area contributed by atoms with Crippen molar-refractivity contribution in [2.45, 2.75) is 20.4 Å². The molecule has 0 amide bonds. The van der Waals surface area contributed by atoms with Gasteiger partial charge in [-0.2, -0.15) is 5.10 Å². The number of aromatic nitrogens is 2. The SMILES string of the molecule is Cc1ccc(-c2[nH]ncc2C[NH+]2CCOCC2)cc1C. The van der Waals surface area contributed by atoms with Crippen LogP contribution in [0, 0.1) is 13.8 Å². The summed E-state index contributed by atoms with van der Waals surface area (Å²) >= 11 is 0. The number of hydrogen-bond donors (Lipinski definition) is 2. The molecule has 0 bridgehead atoms. The lowest BCUT2D eigenvalue weighted by molar-refractivity contribution is -0.921. The van der Waals surface area contributed by atoms with E-state index in [1.165, 1.54) is 22.3 Å². The third kappa shape index (κ3) is 2.76. The Kier molecular flexibility index (Phi) is 3.85. The van der Waals surface area contributed by atoms with Crippen LogP contribution in [0.2, 0.25) is 0 Å². The molecule has 2 aromatic rings. The third-order valence-electron chi connectivity index (χ3n) is 4.15.